The molecule has 20 rings (SSSR count). The van der Waals surface area contributed by atoms with Gasteiger partial charge >= 0.3 is 0 Å². The summed E-state index contributed by atoms with van der Waals surface area (Å²) in [4.78, 5) is 3.97. The molecule has 0 heterocycles. The summed E-state index contributed by atoms with van der Waals surface area (Å²) < 4.78 is 75.5. The zero-order valence-electron chi connectivity index (χ0n) is 59.7. The van der Waals surface area contributed by atoms with E-state index in [-0.39, 0.29) is 0 Å². The molecule has 0 radical (unpaired) electrons. The van der Waals surface area contributed by atoms with Gasteiger partial charge in [0.25, 0.3) is 0 Å². The maximum Gasteiger partial charge on any atom is 0.160 e. The molecule has 0 saturated heterocycles. The average Bonchev–Trinajstić information content (AvgIpc) is 1.54. The van der Waals surface area contributed by atoms with Crippen LogP contribution in [0.1, 0.15) is 66.8 Å². The van der Waals surface area contributed by atoms with Crippen molar-refractivity contribution in [1.82, 2.24) is 0 Å². The number of aryl methyl sites for hydroxylation is 4. The van der Waals surface area contributed by atoms with Crippen LogP contribution < -0.4 is 19.3 Å². The summed E-state index contributed by atoms with van der Waals surface area (Å²) in [6, 6.07) is 122. The van der Waals surface area contributed by atoms with E-state index in [9.17, 15) is 0 Å². The minimum absolute atomic E-state index is 0.425. The fraction of sp³-hybridized carbons (Fsp3) is 0.0588. The van der Waals surface area contributed by atoms with E-state index in [4.69, 9.17) is 9.47 Å². The molecule has 4 nitrogen and oxygen atoms in total. The van der Waals surface area contributed by atoms with Crippen LogP contribution in [-0.4, -0.2) is 0 Å². The number of ether oxygens (including phenoxy) is 2. The molecule has 0 fully saturated rings. The highest BCUT2D eigenvalue weighted by Crippen LogP contribution is 2.61. The molecule has 526 valence electrons. The van der Waals surface area contributed by atoms with Crippen molar-refractivity contribution >= 4 is 34.1 Å². The minimum Gasteiger partial charge on any atom is -0.457 e. The number of halogens is 4. The second-order valence-corrected chi connectivity index (χ2v) is 29.0. The monoisotopic (exact) mass is 1430 g/mol. The van der Waals surface area contributed by atoms with Crippen LogP contribution in [0.2, 0.25) is 0 Å². The maximum atomic E-state index is 15.9. The summed E-state index contributed by atoms with van der Waals surface area (Å²) in [5.74, 6) is -0.794. The van der Waals surface area contributed by atoms with E-state index in [1.165, 1.54) is 46.5 Å². The van der Waals surface area contributed by atoms with Gasteiger partial charge in [-0.15, -0.1) is 0 Å². The van der Waals surface area contributed by atoms with E-state index in [0.717, 1.165) is 160 Å². The number of hydrogen-bond acceptors (Lipinski definition) is 4. The standard InChI is InChI=1S/C102H68F4N2O2/c103-97-55-43-83(63-99(97)105)107(81-41-53-91-89-51-31-73(65-13-5-1-6-14-65)59-93(89)101(95(91)61-81,75-17-9-3-10-18-75)77-33-47-85(48-34-77)109-87-45-29-69-21-23-71(69)57-87)79-37-25-67(26-38-79)68-27-39-80(40-28-68)108(84-44-56-98(104)100(106)64-84)82-42-54-92-90-52-32-74(66-15-7-2-8-16-66)60-94(90)102(96(92)62-82,76-19-11-4-12-20-76)78-35-49-86(50-36-78)110-88-46-30-70-22-24-72(70)58-88/h1-20,25-64H,21-24H2. The van der Waals surface area contributed by atoms with Crippen molar-refractivity contribution in [2.45, 2.75) is 36.5 Å². The van der Waals surface area contributed by atoms with Gasteiger partial charge in [0.15, 0.2) is 23.3 Å². The Labute approximate surface area is 636 Å². The lowest BCUT2D eigenvalue weighted by Gasteiger charge is -2.35. The molecule has 0 aliphatic heterocycles. The van der Waals surface area contributed by atoms with Crippen molar-refractivity contribution in [3.8, 4) is 78.6 Å². The van der Waals surface area contributed by atoms with Gasteiger partial charge in [0, 0.05) is 46.3 Å². The number of anilines is 6. The fourth-order valence-electron chi connectivity index (χ4n) is 17.5. The first kappa shape index (κ1) is 65.9. The predicted molar refractivity (Wildman–Crippen MR) is 434 cm³/mol. The van der Waals surface area contributed by atoms with Crippen molar-refractivity contribution in [2.75, 3.05) is 9.80 Å². The molecule has 8 heteroatoms. The summed E-state index contributed by atoms with van der Waals surface area (Å²) in [5.41, 5.74) is 26.1. The predicted octanol–water partition coefficient (Wildman–Crippen LogP) is 26.7. The summed E-state index contributed by atoms with van der Waals surface area (Å²) in [6.45, 7) is 0. The molecule has 2 unspecified atom stereocenters. The minimum atomic E-state index is -0.974. The molecule has 4 aliphatic carbocycles. The Hall–Kier alpha value is -13.6. The van der Waals surface area contributed by atoms with Crippen molar-refractivity contribution in [1.29, 1.82) is 0 Å². The molecule has 0 saturated carbocycles. The summed E-state index contributed by atoms with van der Waals surface area (Å²) in [7, 11) is 0. The largest absolute Gasteiger partial charge is 0.457 e. The van der Waals surface area contributed by atoms with Gasteiger partial charge in [-0.3, -0.25) is 0 Å². The van der Waals surface area contributed by atoms with Gasteiger partial charge in [-0.25, -0.2) is 17.6 Å². The van der Waals surface area contributed by atoms with E-state index in [1.807, 2.05) is 94.7 Å². The zero-order valence-corrected chi connectivity index (χ0v) is 59.7. The van der Waals surface area contributed by atoms with Gasteiger partial charge in [-0.05, 0) is 282 Å². The lowest BCUT2D eigenvalue weighted by molar-refractivity contribution is 0.480. The Kier molecular flexibility index (Phi) is 16.0. The Bertz CT molecular complexity index is 5870. The molecule has 16 aromatic carbocycles. The third-order valence-electron chi connectivity index (χ3n) is 23.0. The molecule has 4 aliphatic rings. The van der Waals surface area contributed by atoms with E-state index in [0.29, 0.717) is 22.7 Å². The topological polar surface area (TPSA) is 24.9 Å². The molecule has 0 bridgehead atoms. The van der Waals surface area contributed by atoms with Gasteiger partial charge in [-0.2, -0.15) is 0 Å². The Balaban J connectivity index is 0.684. The Morgan fingerprint density at radius 2 is 0.500 bits per heavy atom. The molecule has 0 aromatic heterocycles. The molecular weight excluding hydrogens is 1360 g/mol. The second-order valence-electron chi connectivity index (χ2n) is 29.0. The van der Waals surface area contributed by atoms with E-state index in [2.05, 4.69) is 243 Å². The molecule has 0 spiro atoms. The molecule has 0 amide bonds. The zero-order chi connectivity index (χ0) is 73.6. The SMILES string of the molecule is Fc1ccc(N(c2ccc(-c3ccc(N(c4ccc(F)c(F)c4)c4ccc5c(c4)C(c4ccccc4)(c4ccc(Oc6ccc7c(c6)CC7)cc4)c4cc(-c6ccccc6)ccc4-5)cc3)cc2)c2ccc3c(c2)C(c2ccccc2)(c2ccc(Oc4ccc5c(c4)CC5)cc2)c2cc(-c4ccccc4)ccc2-3)cc1F. The van der Waals surface area contributed by atoms with Crippen molar-refractivity contribution < 1.29 is 27.0 Å². The number of rotatable bonds is 17. The van der Waals surface area contributed by atoms with Crippen LogP contribution >= 0.6 is 0 Å². The van der Waals surface area contributed by atoms with E-state index in [1.54, 1.807) is 12.1 Å². The second kappa shape index (κ2) is 26.7. The van der Waals surface area contributed by atoms with Crippen molar-refractivity contribution in [3.05, 3.63) is 454 Å². The first-order valence-electron chi connectivity index (χ1n) is 37.4. The summed E-state index contributed by atoms with van der Waals surface area (Å²) in [6.07, 6.45) is 4.28. The molecule has 0 N–H and O–H groups in total. The van der Waals surface area contributed by atoms with E-state index >= 15 is 17.6 Å². The molecule has 16 aromatic rings. The van der Waals surface area contributed by atoms with Crippen LogP contribution in [0.3, 0.4) is 0 Å². The summed E-state index contributed by atoms with van der Waals surface area (Å²) in [5, 5.41) is 0. The number of benzene rings is 16. The highest BCUT2D eigenvalue weighted by atomic mass is 19.2. The first-order chi connectivity index (χ1) is 54.1. The molecule has 110 heavy (non-hydrogen) atoms. The number of fused-ring (bicyclic) bond motifs is 8. The van der Waals surface area contributed by atoms with Crippen LogP contribution in [0.15, 0.2) is 364 Å². The lowest BCUT2D eigenvalue weighted by Crippen LogP contribution is -2.29. The lowest BCUT2D eigenvalue weighted by atomic mass is 9.67. The van der Waals surface area contributed by atoms with E-state index < -0.39 is 34.1 Å². The van der Waals surface area contributed by atoms with Crippen LogP contribution in [0.5, 0.6) is 23.0 Å². The average molecular weight is 1430 g/mol. The van der Waals surface area contributed by atoms with Crippen LogP contribution in [-0.2, 0) is 36.5 Å². The Morgan fingerprint density at radius 3 is 0.855 bits per heavy atom. The number of hydrogen-bond donors (Lipinski definition) is 0. The highest BCUT2D eigenvalue weighted by molar-refractivity contribution is 5.94. The third-order valence-corrected chi connectivity index (χ3v) is 23.0. The smallest absolute Gasteiger partial charge is 0.160 e. The van der Waals surface area contributed by atoms with Gasteiger partial charge in [-0.1, -0.05) is 218 Å². The third kappa shape index (κ3) is 11.1. The molecule has 2 atom stereocenters. The highest BCUT2D eigenvalue weighted by Gasteiger charge is 2.49. The van der Waals surface area contributed by atoms with Crippen LogP contribution in [0.4, 0.5) is 51.7 Å². The van der Waals surface area contributed by atoms with Gasteiger partial charge < -0.3 is 19.3 Å². The fourth-order valence-corrected chi connectivity index (χ4v) is 17.5. The number of nitrogens with zero attached hydrogens (tertiary/aromatic N) is 2. The quantitative estimate of drug-likeness (QED) is 0.0849. The maximum absolute atomic E-state index is 15.9. The van der Waals surface area contributed by atoms with Gasteiger partial charge in [0.2, 0.25) is 0 Å². The van der Waals surface area contributed by atoms with Gasteiger partial charge in [0.1, 0.15) is 23.0 Å². The normalized spacial score (nSPS) is 15.2. The first-order valence-corrected chi connectivity index (χ1v) is 37.4. The van der Waals surface area contributed by atoms with Crippen LogP contribution in [0, 0.1) is 23.3 Å². The molecular formula is C102H68F4N2O2. The van der Waals surface area contributed by atoms with Gasteiger partial charge in [0.05, 0.1) is 10.8 Å². The van der Waals surface area contributed by atoms with Crippen molar-refractivity contribution in [3.63, 3.8) is 0 Å². The Morgan fingerprint density at radius 1 is 0.209 bits per heavy atom. The summed E-state index contributed by atoms with van der Waals surface area (Å²) >= 11 is 0. The van der Waals surface area contributed by atoms with Crippen molar-refractivity contribution in [2.24, 2.45) is 0 Å². The van der Waals surface area contributed by atoms with Crippen LogP contribution in [0.25, 0.3) is 55.6 Å².